The van der Waals surface area contributed by atoms with Gasteiger partial charge in [-0.05, 0) is 24.0 Å². The summed E-state index contributed by atoms with van der Waals surface area (Å²) >= 11 is 0. The fourth-order valence-corrected chi connectivity index (χ4v) is 1.98. The molecule has 1 atom stereocenters. The molecule has 3 nitrogen and oxygen atoms in total. The van der Waals surface area contributed by atoms with Crippen LogP contribution in [0, 0.1) is 11.7 Å². The fourth-order valence-electron chi connectivity index (χ4n) is 1.98. The molecule has 0 amide bonds. The van der Waals surface area contributed by atoms with E-state index >= 15 is 0 Å². The van der Waals surface area contributed by atoms with Crippen molar-refractivity contribution < 1.29 is 4.39 Å². The molecule has 1 saturated carbocycles. The Balaban J connectivity index is 2.04. The van der Waals surface area contributed by atoms with Crippen LogP contribution in [-0.4, -0.2) is 4.98 Å². The summed E-state index contributed by atoms with van der Waals surface area (Å²) in [6, 6.07) is 1.52. The molecule has 1 heterocycles. The maximum absolute atomic E-state index is 13.0. The van der Waals surface area contributed by atoms with Gasteiger partial charge < -0.3 is 0 Å². The lowest BCUT2D eigenvalue weighted by Gasteiger charge is -2.29. The van der Waals surface area contributed by atoms with Crippen LogP contribution in [0.1, 0.15) is 37.3 Å². The van der Waals surface area contributed by atoms with Crippen molar-refractivity contribution in [1.29, 1.82) is 0 Å². The molecule has 0 aromatic carbocycles. The highest BCUT2D eigenvalue weighted by molar-refractivity contribution is 5.15. The molecule has 0 spiro atoms. The third-order valence-electron chi connectivity index (χ3n) is 3.12. The summed E-state index contributed by atoms with van der Waals surface area (Å²) in [4.78, 5) is 3.83. The molecule has 0 aliphatic heterocycles. The van der Waals surface area contributed by atoms with Gasteiger partial charge in [0.05, 0.1) is 6.20 Å². The lowest BCUT2D eigenvalue weighted by molar-refractivity contribution is 0.261. The SMILES string of the molecule is NNC(CC1CCC1)c1cncc(F)c1. The van der Waals surface area contributed by atoms with Crippen molar-refractivity contribution in [2.45, 2.75) is 31.7 Å². The Bertz CT molecular complexity index is 325. The van der Waals surface area contributed by atoms with Gasteiger partial charge in [0.15, 0.2) is 0 Å². The predicted octanol–water partition coefficient (Wildman–Crippen LogP) is 1.92. The number of hydrogen-bond acceptors (Lipinski definition) is 3. The Morgan fingerprint density at radius 1 is 1.53 bits per heavy atom. The molecular formula is C11H16FN3. The summed E-state index contributed by atoms with van der Waals surface area (Å²) in [6.07, 6.45) is 7.69. The molecule has 4 heteroatoms. The molecule has 1 aromatic heterocycles. The number of hydrazine groups is 1. The second-order valence-corrected chi connectivity index (χ2v) is 4.19. The Labute approximate surface area is 88.9 Å². The average Bonchev–Trinajstić information content (AvgIpc) is 2.16. The third-order valence-corrected chi connectivity index (χ3v) is 3.12. The van der Waals surface area contributed by atoms with Crippen LogP contribution in [0.4, 0.5) is 4.39 Å². The second-order valence-electron chi connectivity index (χ2n) is 4.19. The highest BCUT2D eigenvalue weighted by Crippen LogP contribution is 2.34. The highest BCUT2D eigenvalue weighted by Gasteiger charge is 2.22. The molecule has 3 N–H and O–H groups in total. The smallest absolute Gasteiger partial charge is 0.141 e. The van der Waals surface area contributed by atoms with Gasteiger partial charge in [-0.25, -0.2) is 4.39 Å². The normalized spacial score (nSPS) is 18.5. The zero-order valence-electron chi connectivity index (χ0n) is 8.62. The van der Waals surface area contributed by atoms with Crippen LogP contribution in [0.25, 0.3) is 0 Å². The minimum Gasteiger partial charge on any atom is -0.271 e. The van der Waals surface area contributed by atoms with Crippen molar-refractivity contribution >= 4 is 0 Å². The van der Waals surface area contributed by atoms with Gasteiger partial charge in [0.25, 0.3) is 0 Å². The van der Waals surface area contributed by atoms with Gasteiger partial charge in [-0.3, -0.25) is 16.3 Å². The van der Waals surface area contributed by atoms with E-state index in [4.69, 9.17) is 5.84 Å². The molecule has 1 aromatic rings. The summed E-state index contributed by atoms with van der Waals surface area (Å²) < 4.78 is 13.0. The molecule has 1 aliphatic carbocycles. The lowest BCUT2D eigenvalue weighted by Crippen LogP contribution is -2.31. The maximum atomic E-state index is 13.0. The monoisotopic (exact) mass is 209 g/mol. The lowest BCUT2D eigenvalue weighted by atomic mass is 9.80. The van der Waals surface area contributed by atoms with E-state index in [9.17, 15) is 4.39 Å². The highest BCUT2D eigenvalue weighted by atomic mass is 19.1. The van der Waals surface area contributed by atoms with Crippen LogP contribution < -0.4 is 11.3 Å². The van der Waals surface area contributed by atoms with E-state index in [1.165, 1.54) is 31.5 Å². The first-order valence-corrected chi connectivity index (χ1v) is 5.36. The third kappa shape index (κ3) is 2.52. The first-order chi connectivity index (χ1) is 7.29. The van der Waals surface area contributed by atoms with Crippen molar-refractivity contribution in [3.05, 3.63) is 29.8 Å². The molecule has 82 valence electrons. The standard InChI is InChI=1S/C11H16FN3/c12-10-5-9(6-14-7-10)11(15-13)4-8-2-1-3-8/h5-8,11,15H,1-4,13H2. The minimum atomic E-state index is -0.304. The number of aromatic nitrogens is 1. The Kier molecular flexibility index (Phi) is 3.28. The Morgan fingerprint density at radius 3 is 2.87 bits per heavy atom. The summed E-state index contributed by atoms with van der Waals surface area (Å²) in [5.74, 6) is 5.91. The molecule has 2 rings (SSSR count). The quantitative estimate of drug-likeness (QED) is 0.588. The molecule has 1 unspecified atom stereocenters. The first kappa shape index (κ1) is 10.5. The molecule has 1 fully saturated rings. The second kappa shape index (κ2) is 4.68. The van der Waals surface area contributed by atoms with Gasteiger partial charge in [0.1, 0.15) is 5.82 Å². The van der Waals surface area contributed by atoms with Crippen molar-refractivity contribution in [1.82, 2.24) is 10.4 Å². The minimum absolute atomic E-state index is 0.0264. The number of nitrogens with zero attached hydrogens (tertiary/aromatic N) is 1. The Morgan fingerprint density at radius 2 is 2.33 bits per heavy atom. The molecule has 0 radical (unpaired) electrons. The number of rotatable bonds is 4. The number of hydrogen-bond donors (Lipinski definition) is 2. The summed E-state index contributed by atoms with van der Waals surface area (Å²) in [5, 5.41) is 0. The van der Waals surface area contributed by atoms with Gasteiger partial charge in [-0.1, -0.05) is 19.3 Å². The number of pyridine rings is 1. The van der Waals surface area contributed by atoms with Gasteiger partial charge in [0.2, 0.25) is 0 Å². The maximum Gasteiger partial charge on any atom is 0.141 e. The number of halogens is 1. The van der Waals surface area contributed by atoms with Gasteiger partial charge in [0, 0.05) is 12.2 Å². The van der Waals surface area contributed by atoms with E-state index in [2.05, 4.69) is 10.4 Å². The van der Waals surface area contributed by atoms with Crippen LogP contribution in [0.2, 0.25) is 0 Å². The summed E-state index contributed by atoms with van der Waals surface area (Å²) in [7, 11) is 0. The number of nitrogens with one attached hydrogen (secondary N) is 1. The zero-order valence-corrected chi connectivity index (χ0v) is 8.62. The van der Waals surface area contributed by atoms with E-state index in [0.29, 0.717) is 0 Å². The topological polar surface area (TPSA) is 50.9 Å². The average molecular weight is 209 g/mol. The van der Waals surface area contributed by atoms with Crippen LogP contribution in [0.3, 0.4) is 0 Å². The van der Waals surface area contributed by atoms with Crippen molar-refractivity contribution in [2.75, 3.05) is 0 Å². The van der Waals surface area contributed by atoms with Crippen molar-refractivity contribution in [2.24, 2.45) is 11.8 Å². The first-order valence-electron chi connectivity index (χ1n) is 5.36. The molecular weight excluding hydrogens is 193 g/mol. The van der Waals surface area contributed by atoms with Gasteiger partial charge in [-0.15, -0.1) is 0 Å². The van der Waals surface area contributed by atoms with Gasteiger partial charge >= 0.3 is 0 Å². The predicted molar refractivity (Wildman–Crippen MR) is 56.2 cm³/mol. The van der Waals surface area contributed by atoms with Crippen molar-refractivity contribution in [3.63, 3.8) is 0 Å². The zero-order chi connectivity index (χ0) is 10.7. The van der Waals surface area contributed by atoms with Crippen LogP contribution in [-0.2, 0) is 0 Å². The van der Waals surface area contributed by atoms with Crippen LogP contribution >= 0.6 is 0 Å². The molecule has 15 heavy (non-hydrogen) atoms. The largest absolute Gasteiger partial charge is 0.271 e. The van der Waals surface area contributed by atoms with E-state index in [-0.39, 0.29) is 11.9 Å². The fraction of sp³-hybridized carbons (Fsp3) is 0.545. The summed E-state index contributed by atoms with van der Waals surface area (Å²) in [6.45, 7) is 0. The van der Waals surface area contributed by atoms with Crippen molar-refractivity contribution in [3.8, 4) is 0 Å². The van der Waals surface area contributed by atoms with E-state index in [0.717, 1.165) is 17.9 Å². The Hall–Kier alpha value is -1.00. The summed E-state index contributed by atoms with van der Waals surface area (Å²) in [5.41, 5.74) is 3.58. The number of nitrogens with two attached hydrogens (primary N) is 1. The van der Waals surface area contributed by atoms with Gasteiger partial charge in [-0.2, -0.15) is 0 Å². The van der Waals surface area contributed by atoms with Crippen LogP contribution in [0.15, 0.2) is 18.5 Å². The molecule has 0 saturated heterocycles. The molecule has 1 aliphatic rings. The van der Waals surface area contributed by atoms with E-state index in [1.807, 2.05) is 0 Å². The van der Waals surface area contributed by atoms with E-state index in [1.54, 1.807) is 6.20 Å². The molecule has 0 bridgehead atoms. The van der Waals surface area contributed by atoms with E-state index < -0.39 is 0 Å². The van der Waals surface area contributed by atoms with Crippen LogP contribution in [0.5, 0.6) is 0 Å².